The van der Waals surface area contributed by atoms with E-state index < -0.39 is 0 Å². The summed E-state index contributed by atoms with van der Waals surface area (Å²) in [7, 11) is 0. The molecule has 0 radical (unpaired) electrons. The van der Waals surface area contributed by atoms with Gasteiger partial charge < -0.3 is 16.0 Å². The number of nitrogens with one attached hydrogen (secondary N) is 1. The summed E-state index contributed by atoms with van der Waals surface area (Å²) >= 11 is 0. The van der Waals surface area contributed by atoms with Crippen molar-refractivity contribution in [1.29, 1.82) is 0 Å². The van der Waals surface area contributed by atoms with Gasteiger partial charge in [-0.3, -0.25) is 9.78 Å². The van der Waals surface area contributed by atoms with Gasteiger partial charge in [0, 0.05) is 24.3 Å². The van der Waals surface area contributed by atoms with Crippen LogP contribution in [0.1, 0.15) is 47.9 Å². The highest BCUT2D eigenvalue weighted by Gasteiger charge is 2.54. The third-order valence-electron chi connectivity index (χ3n) is 6.02. The zero-order valence-electron chi connectivity index (χ0n) is 17.4. The normalized spacial score (nSPS) is 22.1. The number of hydrogen-bond donors (Lipinski definition) is 2. The van der Waals surface area contributed by atoms with Crippen molar-refractivity contribution >= 4 is 29.3 Å². The smallest absolute Gasteiger partial charge is 0.259 e. The van der Waals surface area contributed by atoms with E-state index >= 15 is 0 Å². The third-order valence-corrected chi connectivity index (χ3v) is 6.02. The van der Waals surface area contributed by atoms with Crippen molar-refractivity contribution in [3.05, 3.63) is 53.7 Å². The highest BCUT2D eigenvalue weighted by atomic mass is 19.1. The first-order valence-electron chi connectivity index (χ1n) is 10.4. The van der Waals surface area contributed by atoms with E-state index in [0.29, 0.717) is 29.0 Å². The van der Waals surface area contributed by atoms with Crippen LogP contribution in [0, 0.1) is 17.7 Å². The maximum Gasteiger partial charge on any atom is 0.259 e. The predicted molar refractivity (Wildman–Crippen MR) is 116 cm³/mol. The summed E-state index contributed by atoms with van der Waals surface area (Å²) in [5.74, 6) is 1.09. The van der Waals surface area contributed by atoms with Crippen LogP contribution in [0.3, 0.4) is 0 Å². The highest BCUT2D eigenvalue weighted by molar-refractivity contribution is 6.04. The molecular weight excluding hydrogens is 397 g/mol. The molecule has 9 heteroatoms. The van der Waals surface area contributed by atoms with Gasteiger partial charge in [-0.05, 0) is 50.3 Å². The van der Waals surface area contributed by atoms with Crippen LogP contribution < -0.4 is 16.0 Å². The lowest BCUT2D eigenvalue weighted by Crippen LogP contribution is -2.31. The number of pyridine rings is 1. The zero-order valence-corrected chi connectivity index (χ0v) is 17.4. The first kappa shape index (κ1) is 19.5. The van der Waals surface area contributed by atoms with Crippen LogP contribution in [-0.2, 0) is 0 Å². The Morgan fingerprint density at radius 2 is 2.26 bits per heavy atom. The van der Waals surface area contributed by atoms with Crippen molar-refractivity contribution in [3.63, 3.8) is 0 Å². The molecule has 160 valence electrons. The van der Waals surface area contributed by atoms with E-state index in [1.165, 1.54) is 10.7 Å². The Morgan fingerprint density at radius 3 is 3.00 bits per heavy atom. The van der Waals surface area contributed by atoms with Gasteiger partial charge >= 0.3 is 0 Å². The molecule has 3 atom stereocenters. The second-order valence-electron chi connectivity index (χ2n) is 8.53. The van der Waals surface area contributed by atoms with Crippen LogP contribution in [0.25, 0.3) is 11.7 Å². The second-order valence-corrected chi connectivity index (χ2v) is 8.53. The number of hydrogen-bond acceptors (Lipinski definition) is 6. The van der Waals surface area contributed by atoms with E-state index in [1.807, 2.05) is 19.9 Å². The summed E-state index contributed by atoms with van der Waals surface area (Å²) in [5.41, 5.74) is 8.17. The number of fused-ring (bicyclic) bond motifs is 2. The molecule has 0 aromatic carbocycles. The van der Waals surface area contributed by atoms with Gasteiger partial charge in [0.25, 0.3) is 5.91 Å². The molecule has 8 nitrogen and oxygen atoms in total. The van der Waals surface area contributed by atoms with Gasteiger partial charge in [-0.15, -0.1) is 5.10 Å². The van der Waals surface area contributed by atoms with Crippen LogP contribution in [0.15, 0.2) is 31.1 Å². The predicted octanol–water partition coefficient (Wildman–Crippen LogP) is 2.82. The van der Waals surface area contributed by atoms with Crippen molar-refractivity contribution in [2.45, 2.75) is 32.4 Å². The first-order chi connectivity index (χ1) is 14.9. The van der Waals surface area contributed by atoms with E-state index in [-0.39, 0.29) is 35.2 Å². The number of halogens is 1. The van der Waals surface area contributed by atoms with Crippen molar-refractivity contribution in [2.24, 2.45) is 11.8 Å². The summed E-state index contributed by atoms with van der Waals surface area (Å²) < 4.78 is 15.6. The van der Waals surface area contributed by atoms with Gasteiger partial charge in [-0.2, -0.15) is 0 Å². The van der Waals surface area contributed by atoms with Crippen LogP contribution in [0.4, 0.5) is 16.0 Å². The number of amides is 1. The van der Waals surface area contributed by atoms with E-state index in [0.717, 1.165) is 18.5 Å². The van der Waals surface area contributed by atoms with Crippen LogP contribution in [0.5, 0.6) is 0 Å². The molecule has 1 aliphatic carbocycles. The lowest BCUT2D eigenvalue weighted by Gasteiger charge is -2.29. The molecule has 0 unspecified atom stereocenters. The molecule has 0 spiro atoms. The molecule has 1 amide bonds. The average Bonchev–Trinajstić information content (AvgIpc) is 3.25. The molecule has 1 saturated carbocycles. The number of rotatable bonds is 5. The van der Waals surface area contributed by atoms with Gasteiger partial charge in [0.2, 0.25) is 0 Å². The third kappa shape index (κ3) is 3.20. The molecular formula is C22H24FN7O. The molecule has 3 N–H and O–H groups in total. The summed E-state index contributed by atoms with van der Waals surface area (Å²) in [6.45, 7) is 8.40. The summed E-state index contributed by atoms with van der Waals surface area (Å²) in [6.07, 6.45) is 5.71. The summed E-state index contributed by atoms with van der Waals surface area (Å²) in [4.78, 5) is 23.8. The minimum Gasteiger partial charge on any atom is -0.381 e. The average molecular weight is 421 g/mol. The van der Waals surface area contributed by atoms with Crippen molar-refractivity contribution < 1.29 is 9.18 Å². The maximum atomic E-state index is 14.1. The van der Waals surface area contributed by atoms with Crippen molar-refractivity contribution in [1.82, 2.24) is 24.9 Å². The van der Waals surface area contributed by atoms with Crippen molar-refractivity contribution in [2.75, 3.05) is 17.2 Å². The molecule has 4 heterocycles. The molecule has 1 saturated heterocycles. The SMILES string of the molecule is C=Cc1ncc(F)cc1[C@H]1[C@@H]2C[C@@H]2CN1c1ccn2nc(N)c(C(=O)NC(C)C)c2n1. The number of nitrogens with zero attached hydrogens (tertiary/aromatic N) is 5. The molecule has 3 aromatic heterocycles. The fourth-order valence-corrected chi connectivity index (χ4v) is 4.62. The number of anilines is 2. The summed E-state index contributed by atoms with van der Waals surface area (Å²) in [5, 5.41) is 7.08. The van der Waals surface area contributed by atoms with Gasteiger partial charge in [0.15, 0.2) is 11.5 Å². The van der Waals surface area contributed by atoms with Crippen LogP contribution in [0.2, 0.25) is 0 Å². The van der Waals surface area contributed by atoms with Crippen molar-refractivity contribution in [3.8, 4) is 0 Å². The van der Waals surface area contributed by atoms with Gasteiger partial charge in [0.05, 0.1) is 17.9 Å². The number of carbonyl (C=O) groups excluding carboxylic acids is 1. The molecule has 5 rings (SSSR count). The molecule has 1 aliphatic heterocycles. The van der Waals surface area contributed by atoms with E-state index in [2.05, 4.69) is 26.9 Å². The number of nitrogen functional groups attached to an aromatic ring is 1. The van der Waals surface area contributed by atoms with E-state index in [4.69, 9.17) is 10.7 Å². The zero-order chi connectivity index (χ0) is 21.9. The topological polar surface area (TPSA) is 101 Å². The van der Waals surface area contributed by atoms with Gasteiger partial charge in [-0.25, -0.2) is 13.9 Å². The van der Waals surface area contributed by atoms with Gasteiger partial charge in [-0.1, -0.05) is 6.58 Å². The molecule has 0 bridgehead atoms. The Morgan fingerprint density at radius 1 is 1.45 bits per heavy atom. The quantitative estimate of drug-likeness (QED) is 0.657. The maximum absolute atomic E-state index is 14.1. The van der Waals surface area contributed by atoms with Crippen LogP contribution in [-0.4, -0.2) is 38.1 Å². The Labute approximate surface area is 179 Å². The Kier molecular flexibility index (Phi) is 4.42. The lowest BCUT2D eigenvalue weighted by molar-refractivity contribution is 0.0945. The summed E-state index contributed by atoms with van der Waals surface area (Å²) in [6, 6.07) is 3.29. The van der Waals surface area contributed by atoms with Gasteiger partial charge in [0.1, 0.15) is 17.2 Å². The standard InChI is InChI=1S/C22H24FN7O/c1-4-16-15(8-13(23)9-25-16)19-14-7-12(14)10-29(19)17-5-6-30-21(27-17)18(20(24)28-30)22(31)26-11(2)3/h4-6,8-9,11-12,14,19H,1,7,10H2,2-3H3,(H2,24,28)(H,26,31)/t12-,14-,19-/m1/s1. The number of aromatic nitrogens is 4. The number of nitrogens with two attached hydrogens (primary N) is 1. The van der Waals surface area contributed by atoms with E-state index in [9.17, 15) is 9.18 Å². The van der Waals surface area contributed by atoms with E-state index in [1.54, 1.807) is 18.3 Å². The molecule has 3 aromatic rings. The second kappa shape index (κ2) is 7.04. The highest BCUT2D eigenvalue weighted by Crippen LogP contribution is 2.57. The minimum atomic E-state index is -0.371. The minimum absolute atomic E-state index is 0.0436. The number of carbonyl (C=O) groups is 1. The molecule has 31 heavy (non-hydrogen) atoms. The Hall–Kier alpha value is -3.49. The Bertz CT molecular complexity index is 1200. The Balaban J connectivity index is 1.58. The molecule has 2 fully saturated rings. The van der Waals surface area contributed by atoms with Crippen LogP contribution >= 0.6 is 0 Å². The monoisotopic (exact) mass is 421 g/mol. The molecule has 2 aliphatic rings. The first-order valence-corrected chi connectivity index (χ1v) is 10.4. The number of piperidine rings is 1. The fraction of sp³-hybridized carbons (Fsp3) is 0.364. The largest absolute Gasteiger partial charge is 0.381 e. The lowest BCUT2D eigenvalue weighted by atomic mass is 10.00. The fourth-order valence-electron chi connectivity index (χ4n) is 4.62.